The molecule has 1 unspecified atom stereocenters. The molecule has 19 heteroatoms. The van der Waals surface area contributed by atoms with Crippen molar-refractivity contribution in [1.29, 1.82) is 0 Å². The molecule has 2 aromatic heterocycles. The van der Waals surface area contributed by atoms with E-state index >= 15 is 4.39 Å². The molecule has 5 aromatic rings. The van der Waals surface area contributed by atoms with Crippen molar-refractivity contribution in [3.05, 3.63) is 99.8 Å². The van der Waals surface area contributed by atoms with Crippen LogP contribution in [0.3, 0.4) is 0 Å². The van der Waals surface area contributed by atoms with E-state index in [1.807, 2.05) is 21.6 Å². The van der Waals surface area contributed by atoms with E-state index in [0.717, 1.165) is 80.7 Å². The Morgan fingerprint density at radius 1 is 0.828 bits per heavy atom. The van der Waals surface area contributed by atoms with Gasteiger partial charge in [-0.15, -0.1) is 0 Å². The van der Waals surface area contributed by atoms with Crippen LogP contribution in [0.15, 0.2) is 67.3 Å². The van der Waals surface area contributed by atoms with Crippen LogP contribution in [-0.4, -0.2) is 117 Å². The SMILES string of the molecule is O=C1CCC(N2C(=O)c3cc(F)c(N4CCN(CC5CCN(c6ccc(Nc7ncnc8c7ncn8C7CC(NC(=O)c8c(Cl)cccc8Cl)C7)cc6)CC5)CC4)cc3C2=O)C(=O)N1. The van der Waals surface area contributed by atoms with Gasteiger partial charge in [0.25, 0.3) is 17.7 Å². The van der Waals surface area contributed by atoms with Crippen molar-refractivity contribution >= 4 is 86.8 Å². The topological polar surface area (TPSA) is 178 Å². The summed E-state index contributed by atoms with van der Waals surface area (Å²) in [4.78, 5) is 84.7. The number of anilines is 4. The van der Waals surface area contributed by atoms with Gasteiger partial charge in [-0.25, -0.2) is 19.3 Å². The number of piperazine rings is 1. The van der Waals surface area contributed by atoms with Crippen LogP contribution in [0.4, 0.5) is 27.3 Å². The Bertz CT molecular complexity index is 2670. The van der Waals surface area contributed by atoms with Crippen molar-refractivity contribution in [2.24, 2.45) is 5.92 Å². The summed E-state index contributed by atoms with van der Waals surface area (Å²) in [5, 5.41) is 9.28. The van der Waals surface area contributed by atoms with Crippen molar-refractivity contribution in [1.82, 2.24) is 40.0 Å². The lowest BCUT2D eigenvalue weighted by Gasteiger charge is -2.40. The number of aromatic nitrogens is 4. The zero-order valence-electron chi connectivity index (χ0n) is 34.6. The van der Waals surface area contributed by atoms with Gasteiger partial charge < -0.3 is 25.0 Å². The third kappa shape index (κ3) is 7.89. The fourth-order valence-electron chi connectivity index (χ4n) is 9.64. The minimum atomic E-state index is -1.10. The van der Waals surface area contributed by atoms with Crippen LogP contribution < -0.4 is 25.8 Å². The molecule has 6 heterocycles. The molecule has 3 N–H and O–H groups in total. The highest BCUT2D eigenvalue weighted by Crippen LogP contribution is 2.37. The fraction of sp³-hybridized carbons (Fsp3) is 0.378. The molecular weight excluding hydrogens is 864 g/mol. The smallest absolute Gasteiger partial charge is 0.262 e. The molecule has 16 nitrogen and oxygen atoms in total. The molecule has 64 heavy (non-hydrogen) atoms. The predicted molar refractivity (Wildman–Crippen MR) is 238 cm³/mol. The minimum absolute atomic E-state index is 0.0173. The van der Waals surface area contributed by atoms with Gasteiger partial charge in [-0.2, -0.15) is 0 Å². The zero-order chi connectivity index (χ0) is 44.2. The van der Waals surface area contributed by atoms with Crippen LogP contribution in [0, 0.1) is 11.7 Å². The summed E-state index contributed by atoms with van der Waals surface area (Å²) < 4.78 is 17.5. The molecule has 5 amide bonds. The second kappa shape index (κ2) is 17.1. The number of carbonyl (C=O) groups excluding carboxylic acids is 5. The molecule has 4 aliphatic heterocycles. The lowest BCUT2D eigenvalue weighted by atomic mass is 9.86. The molecule has 0 bridgehead atoms. The number of halogens is 3. The number of rotatable bonds is 10. The molecule has 3 saturated heterocycles. The summed E-state index contributed by atoms with van der Waals surface area (Å²) in [7, 11) is 0. The first-order chi connectivity index (χ1) is 31.0. The van der Waals surface area contributed by atoms with E-state index < -0.39 is 35.5 Å². The Kier molecular flexibility index (Phi) is 11.2. The Hall–Kier alpha value is -6.17. The first-order valence-corrected chi connectivity index (χ1v) is 22.3. The molecule has 1 aliphatic carbocycles. The lowest BCUT2D eigenvalue weighted by Crippen LogP contribution is -2.54. The molecule has 4 fully saturated rings. The van der Waals surface area contributed by atoms with Crippen molar-refractivity contribution in [3.8, 4) is 0 Å². The van der Waals surface area contributed by atoms with Gasteiger partial charge in [0, 0.05) is 75.7 Å². The highest BCUT2D eigenvalue weighted by Gasteiger charge is 2.45. The average Bonchev–Trinajstić information content (AvgIpc) is 3.80. The van der Waals surface area contributed by atoms with Crippen LogP contribution in [0.25, 0.3) is 11.2 Å². The van der Waals surface area contributed by atoms with Gasteiger partial charge in [-0.3, -0.25) is 39.1 Å². The second-order valence-corrected chi connectivity index (χ2v) is 17.9. The molecule has 3 aromatic carbocycles. The van der Waals surface area contributed by atoms with Crippen molar-refractivity contribution in [2.45, 2.75) is 56.7 Å². The minimum Gasteiger partial charge on any atom is -0.372 e. The summed E-state index contributed by atoms with van der Waals surface area (Å²) in [5.74, 6) is -2.25. The monoisotopic (exact) mass is 907 g/mol. The molecule has 10 rings (SSSR count). The standard InChI is InChI=1S/C45H44Cl2FN11O5/c46-32-2-1-3-33(47)38(32)43(62)53-27-18-29(19-27)58-24-51-39-40(49-23-50-41(39)58)52-26-4-6-28(7-5-26)56-12-10-25(11-13-56)22-55-14-16-57(17-15-55)36-21-31-30(20-34(36)48)44(63)59(45(31)64)35-8-9-37(60)54-42(35)61/h1-7,20-21,23-25,27,29,35H,8-19,22H2,(H,53,62)(H,49,50,52)(H,54,60,61). The van der Waals surface area contributed by atoms with Gasteiger partial charge in [-0.1, -0.05) is 29.3 Å². The van der Waals surface area contributed by atoms with Gasteiger partial charge in [-0.05, 0) is 86.6 Å². The van der Waals surface area contributed by atoms with Gasteiger partial charge >= 0.3 is 0 Å². The summed E-state index contributed by atoms with van der Waals surface area (Å²) in [5.41, 5.74) is 3.98. The number of amides is 5. The van der Waals surface area contributed by atoms with E-state index in [4.69, 9.17) is 23.2 Å². The third-order valence-corrected chi connectivity index (χ3v) is 13.9. The van der Waals surface area contributed by atoms with Crippen LogP contribution in [0.2, 0.25) is 10.0 Å². The van der Waals surface area contributed by atoms with Crippen molar-refractivity contribution < 1.29 is 28.4 Å². The fourth-order valence-corrected chi connectivity index (χ4v) is 10.2. The van der Waals surface area contributed by atoms with E-state index in [1.54, 1.807) is 24.5 Å². The van der Waals surface area contributed by atoms with Crippen molar-refractivity contribution in [3.63, 3.8) is 0 Å². The first kappa shape index (κ1) is 41.8. The van der Waals surface area contributed by atoms with Crippen LogP contribution in [0.5, 0.6) is 0 Å². The van der Waals surface area contributed by atoms with Gasteiger partial charge in [0.15, 0.2) is 17.0 Å². The largest absolute Gasteiger partial charge is 0.372 e. The summed E-state index contributed by atoms with van der Waals surface area (Å²) in [6.45, 7) is 5.43. The predicted octanol–water partition coefficient (Wildman–Crippen LogP) is 5.59. The lowest BCUT2D eigenvalue weighted by molar-refractivity contribution is -0.136. The summed E-state index contributed by atoms with van der Waals surface area (Å²) in [6, 6.07) is 14.9. The maximum absolute atomic E-state index is 15.5. The number of nitrogens with zero attached hydrogens (tertiary/aromatic N) is 8. The maximum atomic E-state index is 15.5. The average molecular weight is 909 g/mol. The normalized spacial score (nSPS) is 21.9. The molecule has 1 saturated carbocycles. The highest BCUT2D eigenvalue weighted by molar-refractivity contribution is 6.39. The first-order valence-electron chi connectivity index (χ1n) is 21.6. The van der Waals surface area contributed by atoms with E-state index in [0.29, 0.717) is 46.0 Å². The van der Waals surface area contributed by atoms with Gasteiger partial charge in [0.1, 0.15) is 18.2 Å². The van der Waals surface area contributed by atoms with Gasteiger partial charge in [0.05, 0.1) is 38.8 Å². The van der Waals surface area contributed by atoms with E-state index in [2.05, 4.69) is 52.8 Å². The van der Waals surface area contributed by atoms with Gasteiger partial charge in [0.2, 0.25) is 11.8 Å². The number of piperidine rings is 2. The highest BCUT2D eigenvalue weighted by atomic mass is 35.5. The molecule has 330 valence electrons. The number of imide groups is 2. The summed E-state index contributed by atoms with van der Waals surface area (Å²) >= 11 is 12.5. The number of benzene rings is 3. The number of nitrogens with one attached hydrogen (secondary N) is 3. The number of hydrogen-bond acceptors (Lipinski definition) is 12. The van der Waals surface area contributed by atoms with Crippen LogP contribution >= 0.6 is 23.2 Å². The quantitative estimate of drug-likeness (QED) is 0.148. The zero-order valence-corrected chi connectivity index (χ0v) is 36.1. The number of carbonyl (C=O) groups is 5. The Labute approximate surface area is 377 Å². The second-order valence-electron chi connectivity index (χ2n) is 17.1. The Morgan fingerprint density at radius 2 is 1.53 bits per heavy atom. The number of fused-ring (bicyclic) bond motifs is 2. The summed E-state index contributed by atoms with van der Waals surface area (Å²) in [6.07, 6.45) is 6.89. The van der Waals surface area contributed by atoms with Crippen LogP contribution in [0.1, 0.15) is 75.6 Å². The third-order valence-electron chi connectivity index (χ3n) is 13.2. The Morgan fingerprint density at radius 3 is 2.23 bits per heavy atom. The molecule has 5 aliphatic rings. The molecule has 0 spiro atoms. The number of imidazole rings is 1. The van der Waals surface area contributed by atoms with Crippen molar-refractivity contribution in [2.75, 3.05) is 60.9 Å². The van der Waals surface area contributed by atoms with E-state index in [1.165, 1.54) is 12.4 Å². The van der Waals surface area contributed by atoms with E-state index in [-0.39, 0.29) is 53.2 Å². The Balaban J connectivity index is 0.689. The van der Waals surface area contributed by atoms with E-state index in [9.17, 15) is 24.0 Å². The molecule has 1 atom stereocenters. The van der Waals surface area contributed by atoms with Crippen LogP contribution in [-0.2, 0) is 9.59 Å². The molecule has 0 radical (unpaired) electrons. The maximum Gasteiger partial charge on any atom is 0.262 e. The number of hydrogen-bond donors (Lipinski definition) is 3. The molecular formula is C45H44Cl2FN11O5.